The molecule has 4 nitrogen and oxygen atoms in total. The average Bonchev–Trinajstić information content (AvgIpc) is 2.84. The van der Waals surface area contributed by atoms with Crippen molar-refractivity contribution in [1.29, 1.82) is 0 Å². The highest BCUT2D eigenvalue weighted by atomic mass is 16.3. The molecule has 18 heavy (non-hydrogen) atoms. The van der Waals surface area contributed by atoms with Crippen molar-refractivity contribution in [2.75, 3.05) is 5.73 Å². The van der Waals surface area contributed by atoms with Crippen molar-refractivity contribution >= 4 is 11.6 Å². The highest BCUT2D eigenvalue weighted by Gasteiger charge is 2.07. The third-order valence-corrected chi connectivity index (χ3v) is 2.69. The first kappa shape index (κ1) is 12.2. The largest absolute Gasteiger partial charge is 0.467 e. The quantitative estimate of drug-likeness (QED) is 0.808. The van der Waals surface area contributed by atoms with E-state index in [-0.39, 0.29) is 12.3 Å². The first-order valence-corrected chi connectivity index (χ1v) is 5.79. The molecule has 0 aliphatic rings. The molecule has 0 atom stereocenters. The molecule has 0 bridgehead atoms. The molecule has 0 fully saturated rings. The van der Waals surface area contributed by atoms with Crippen molar-refractivity contribution in [3.05, 3.63) is 53.5 Å². The predicted molar refractivity (Wildman–Crippen MR) is 69.9 cm³/mol. The van der Waals surface area contributed by atoms with E-state index in [1.807, 2.05) is 31.2 Å². The molecule has 1 aromatic heterocycles. The minimum absolute atomic E-state index is 0.0660. The van der Waals surface area contributed by atoms with E-state index in [0.29, 0.717) is 12.2 Å². The second-order valence-electron chi connectivity index (χ2n) is 4.24. The third-order valence-electron chi connectivity index (χ3n) is 2.69. The molecule has 0 radical (unpaired) electrons. The lowest BCUT2D eigenvalue weighted by atomic mass is 10.1. The number of furan rings is 1. The van der Waals surface area contributed by atoms with Crippen molar-refractivity contribution in [1.82, 2.24) is 5.32 Å². The fourth-order valence-electron chi connectivity index (χ4n) is 1.72. The first-order valence-electron chi connectivity index (χ1n) is 5.79. The Bertz CT molecular complexity index is 533. The average molecular weight is 244 g/mol. The number of nitrogens with one attached hydrogen (secondary N) is 1. The highest BCUT2D eigenvalue weighted by molar-refractivity contribution is 5.80. The van der Waals surface area contributed by atoms with E-state index in [1.54, 1.807) is 12.3 Å². The van der Waals surface area contributed by atoms with Crippen LogP contribution in [-0.4, -0.2) is 5.91 Å². The summed E-state index contributed by atoms with van der Waals surface area (Å²) in [4.78, 5) is 11.8. The Labute approximate surface area is 106 Å². The summed E-state index contributed by atoms with van der Waals surface area (Å²) in [6, 6.07) is 9.30. The Morgan fingerprint density at radius 2 is 2.22 bits per heavy atom. The smallest absolute Gasteiger partial charge is 0.224 e. The van der Waals surface area contributed by atoms with Crippen LogP contribution in [0.5, 0.6) is 0 Å². The molecule has 0 unspecified atom stereocenters. The maximum absolute atomic E-state index is 11.8. The molecule has 2 rings (SSSR count). The molecule has 1 amide bonds. The number of aryl methyl sites for hydroxylation is 1. The van der Waals surface area contributed by atoms with E-state index in [1.165, 1.54) is 0 Å². The van der Waals surface area contributed by atoms with Crippen LogP contribution in [0.3, 0.4) is 0 Å². The molecule has 0 saturated heterocycles. The van der Waals surface area contributed by atoms with Crippen LogP contribution in [0.1, 0.15) is 16.9 Å². The molecular weight excluding hydrogens is 228 g/mol. The number of carbonyl (C=O) groups excluding carboxylic acids is 1. The number of carbonyl (C=O) groups is 1. The van der Waals surface area contributed by atoms with Gasteiger partial charge in [-0.2, -0.15) is 0 Å². The lowest BCUT2D eigenvalue weighted by molar-refractivity contribution is -0.120. The highest BCUT2D eigenvalue weighted by Crippen LogP contribution is 2.14. The normalized spacial score (nSPS) is 10.3. The van der Waals surface area contributed by atoms with Gasteiger partial charge in [0, 0.05) is 5.69 Å². The lowest BCUT2D eigenvalue weighted by Crippen LogP contribution is -2.24. The van der Waals surface area contributed by atoms with E-state index in [4.69, 9.17) is 10.2 Å². The SMILES string of the molecule is Cc1ccc(N)c(CC(=O)NCc2ccco2)c1. The van der Waals surface area contributed by atoms with Gasteiger partial charge in [0.15, 0.2) is 0 Å². The van der Waals surface area contributed by atoms with Crippen LogP contribution in [0.25, 0.3) is 0 Å². The van der Waals surface area contributed by atoms with Gasteiger partial charge in [0.2, 0.25) is 5.91 Å². The molecule has 3 N–H and O–H groups in total. The number of anilines is 1. The molecular formula is C14H16N2O2. The summed E-state index contributed by atoms with van der Waals surface area (Å²) in [5.74, 6) is 0.671. The van der Waals surface area contributed by atoms with Gasteiger partial charge in [-0.05, 0) is 30.7 Å². The summed E-state index contributed by atoms with van der Waals surface area (Å²) >= 11 is 0. The fourth-order valence-corrected chi connectivity index (χ4v) is 1.72. The van der Waals surface area contributed by atoms with Crippen molar-refractivity contribution in [3.63, 3.8) is 0 Å². The molecule has 2 aromatic rings. The van der Waals surface area contributed by atoms with Crippen LogP contribution in [0, 0.1) is 6.92 Å². The second kappa shape index (κ2) is 5.40. The van der Waals surface area contributed by atoms with Crippen molar-refractivity contribution in [2.24, 2.45) is 0 Å². The molecule has 0 saturated carbocycles. The van der Waals surface area contributed by atoms with E-state index in [2.05, 4.69) is 5.32 Å². The zero-order chi connectivity index (χ0) is 13.0. The molecule has 1 heterocycles. The van der Waals surface area contributed by atoms with Crippen LogP contribution >= 0.6 is 0 Å². The number of rotatable bonds is 4. The summed E-state index contributed by atoms with van der Waals surface area (Å²) in [6.45, 7) is 2.38. The Morgan fingerprint density at radius 1 is 1.39 bits per heavy atom. The zero-order valence-corrected chi connectivity index (χ0v) is 10.3. The molecule has 0 aliphatic carbocycles. The van der Waals surface area contributed by atoms with Gasteiger partial charge >= 0.3 is 0 Å². The minimum Gasteiger partial charge on any atom is -0.467 e. The number of hydrogen-bond acceptors (Lipinski definition) is 3. The first-order chi connectivity index (χ1) is 8.65. The van der Waals surface area contributed by atoms with Crippen LogP contribution < -0.4 is 11.1 Å². The van der Waals surface area contributed by atoms with Crippen LogP contribution in [0.15, 0.2) is 41.0 Å². The van der Waals surface area contributed by atoms with Gasteiger partial charge < -0.3 is 15.5 Å². The van der Waals surface area contributed by atoms with Gasteiger partial charge in [0.05, 0.1) is 19.2 Å². The van der Waals surface area contributed by atoms with Gasteiger partial charge in [-0.15, -0.1) is 0 Å². The van der Waals surface area contributed by atoms with Crippen molar-refractivity contribution in [3.8, 4) is 0 Å². The Balaban J connectivity index is 1.92. The second-order valence-corrected chi connectivity index (χ2v) is 4.24. The standard InChI is InChI=1S/C14H16N2O2/c1-10-4-5-13(15)11(7-10)8-14(17)16-9-12-3-2-6-18-12/h2-7H,8-9,15H2,1H3,(H,16,17). The monoisotopic (exact) mass is 244 g/mol. The third kappa shape index (κ3) is 3.13. The molecule has 94 valence electrons. The molecule has 0 aliphatic heterocycles. The van der Waals surface area contributed by atoms with Crippen LogP contribution in [-0.2, 0) is 17.8 Å². The maximum Gasteiger partial charge on any atom is 0.224 e. The van der Waals surface area contributed by atoms with Crippen molar-refractivity contribution < 1.29 is 9.21 Å². The number of nitrogen functional groups attached to an aromatic ring is 1. The predicted octanol–water partition coefficient (Wildman–Crippen LogP) is 2.03. The number of benzene rings is 1. The number of hydrogen-bond donors (Lipinski definition) is 2. The molecule has 0 spiro atoms. The summed E-state index contributed by atoms with van der Waals surface area (Å²) < 4.78 is 5.14. The van der Waals surface area contributed by atoms with Gasteiger partial charge in [0.25, 0.3) is 0 Å². The summed E-state index contributed by atoms with van der Waals surface area (Å²) in [7, 11) is 0. The molecule has 4 heteroatoms. The van der Waals surface area contributed by atoms with Crippen LogP contribution in [0.2, 0.25) is 0 Å². The topological polar surface area (TPSA) is 68.3 Å². The summed E-state index contributed by atoms with van der Waals surface area (Å²) in [5.41, 5.74) is 8.43. The van der Waals surface area contributed by atoms with Gasteiger partial charge in [-0.1, -0.05) is 17.7 Å². The summed E-state index contributed by atoms with van der Waals surface area (Å²) in [5, 5.41) is 2.79. The lowest BCUT2D eigenvalue weighted by Gasteiger charge is -2.07. The van der Waals surface area contributed by atoms with E-state index >= 15 is 0 Å². The Hall–Kier alpha value is -2.23. The zero-order valence-electron chi connectivity index (χ0n) is 10.3. The van der Waals surface area contributed by atoms with Gasteiger partial charge in [-0.25, -0.2) is 0 Å². The fraction of sp³-hybridized carbons (Fsp3) is 0.214. The maximum atomic E-state index is 11.8. The van der Waals surface area contributed by atoms with Gasteiger partial charge in [-0.3, -0.25) is 4.79 Å². The Morgan fingerprint density at radius 3 is 2.94 bits per heavy atom. The summed E-state index contributed by atoms with van der Waals surface area (Å²) in [6.07, 6.45) is 1.87. The van der Waals surface area contributed by atoms with Crippen LogP contribution in [0.4, 0.5) is 5.69 Å². The van der Waals surface area contributed by atoms with E-state index in [0.717, 1.165) is 16.9 Å². The van der Waals surface area contributed by atoms with E-state index in [9.17, 15) is 4.79 Å². The molecule has 1 aromatic carbocycles. The number of amides is 1. The Kier molecular flexibility index (Phi) is 3.67. The number of nitrogens with two attached hydrogens (primary N) is 1. The van der Waals surface area contributed by atoms with E-state index < -0.39 is 0 Å². The van der Waals surface area contributed by atoms with Crippen molar-refractivity contribution in [2.45, 2.75) is 19.9 Å². The van der Waals surface area contributed by atoms with Gasteiger partial charge in [0.1, 0.15) is 5.76 Å². The minimum atomic E-state index is -0.0660.